The van der Waals surface area contributed by atoms with E-state index in [1.807, 2.05) is 6.20 Å². The van der Waals surface area contributed by atoms with E-state index in [2.05, 4.69) is 36.2 Å². The SMILES string of the molecule is [CH2]Cc1cccc2[nH]ccc12. The van der Waals surface area contributed by atoms with Gasteiger partial charge in [-0.25, -0.2) is 0 Å². The second-order valence-corrected chi connectivity index (χ2v) is 2.61. The van der Waals surface area contributed by atoms with E-state index >= 15 is 0 Å². The minimum absolute atomic E-state index is 0.856. The summed E-state index contributed by atoms with van der Waals surface area (Å²) in [6.45, 7) is 3.87. The molecule has 0 fully saturated rings. The van der Waals surface area contributed by atoms with Crippen LogP contribution in [0.25, 0.3) is 10.9 Å². The van der Waals surface area contributed by atoms with Crippen molar-refractivity contribution < 1.29 is 0 Å². The Balaban J connectivity index is 2.79. The van der Waals surface area contributed by atoms with Gasteiger partial charge in [0.15, 0.2) is 0 Å². The number of hydrogen-bond donors (Lipinski definition) is 1. The summed E-state index contributed by atoms with van der Waals surface area (Å²) < 4.78 is 0. The predicted molar refractivity (Wildman–Crippen MR) is 47.4 cm³/mol. The molecule has 2 aromatic rings. The van der Waals surface area contributed by atoms with Gasteiger partial charge in [-0.15, -0.1) is 0 Å². The number of fused-ring (bicyclic) bond motifs is 1. The Kier molecular flexibility index (Phi) is 1.42. The summed E-state index contributed by atoms with van der Waals surface area (Å²) >= 11 is 0. The van der Waals surface area contributed by atoms with Gasteiger partial charge in [0, 0.05) is 17.1 Å². The van der Waals surface area contributed by atoms with Crippen LogP contribution in [-0.2, 0) is 6.42 Å². The summed E-state index contributed by atoms with van der Waals surface area (Å²) in [5.74, 6) is 0. The lowest BCUT2D eigenvalue weighted by Gasteiger charge is -1.96. The van der Waals surface area contributed by atoms with Gasteiger partial charge in [0.1, 0.15) is 0 Å². The fourth-order valence-corrected chi connectivity index (χ4v) is 1.37. The van der Waals surface area contributed by atoms with Gasteiger partial charge in [-0.05, 0) is 31.0 Å². The highest BCUT2D eigenvalue weighted by atomic mass is 14.7. The van der Waals surface area contributed by atoms with Crippen molar-refractivity contribution in [2.45, 2.75) is 6.42 Å². The molecule has 0 saturated heterocycles. The molecule has 0 bridgehead atoms. The van der Waals surface area contributed by atoms with E-state index in [1.54, 1.807) is 0 Å². The largest absolute Gasteiger partial charge is 0.361 e. The van der Waals surface area contributed by atoms with Crippen molar-refractivity contribution in [3.05, 3.63) is 42.9 Å². The van der Waals surface area contributed by atoms with E-state index in [4.69, 9.17) is 0 Å². The Bertz CT molecular complexity index is 360. The van der Waals surface area contributed by atoms with E-state index in [-0.39, 0.29) is 0 Å². The highest BCUT2D eigenvalue weighted by Crippen LogP contribution is 2.16. The van der Waals surface area contributed by atoms with Crippen LogP contribution in [0.5, 0.6) is 0 Å². The van der Waals surface area contributed by atoms with Crippen LogP contribution in [0.3, 0.4) is 0 Å². The van der Waals surface area contributed by atoms with Gasteiger partial charge in [0.25, 0.3) is 0 Å². The molecule has 0 amide bonds. The summed E-state index contributed by atoms with van der Waals surface area (Å²) in [7, 11) is 0. The molecule has 2 rings (SSSR count). The lowest BCUT2D eigenvalue weighted by molar-refractivity contribution is 1.30. The van der Waals surface area contributed by atoms with E-state index in [0.717, 1.165) is 6.42 Å². The van der Waals surface area contributed by atoms with Crippen molar-refractivity contribution in [2.24, 2.45) is 0 Å². The van der Waals surface area contributed by atoms with Crippen molar-refractivity contribution in [1.29, 1.82) is 0 Å². The fourth-order valence-electron chi connectivity index (χ4n) is 1.37. The highest BCUT2D eigenvalue weighted by Gasteiger charge is 1.97. The highest BCUT2D eigenvalue weighted by molar-refractivity contribution is 5.82. The summed E-state index contributed by atoms with van der Waals surface area (Å²) in [6.07, 6.45) is 2.82. The summed E-state index contributed by atoms with van der Waals surface area (Å²) in [4.78, 5) is 3.17. The Morgan fingerprint density at radius 3 is 3.00 bits per heavy atom. The van der Waals surface area contributed by atoms with Crippen molar-refractivity contribution in [3.8, 4) is 0 Å². The maximum Gasteiger partial charge on any atom is 0.0456 e. The number of hydrogen-bond acceptors (Lipinski definition) is 0. The molecule has 0 spiro atoms. The van der Waals surface area contributed by atoms with Crippen molar-refractivity contribution in [2.75, 3.05) is 0 Å². The Labute approximate surface area is 66.1 Å². The first-order chi connectivity index (χ1) is 5.42. The lowest BCUT2D eigenvalue weighted by atomic mass is 10.1. The van der Waals surface area contributed by atoms with Gasteiger partial charge in [0.05, 0.1) is 0 Å². The molecule has 1 N–H and O–H groups in total. The van der Waals surface area contributed by atoms with Crippen LogP contribution in [0.1, 0.15) is 5.56 Å². The zero-order valence-electron chi connectivity index (χ0n) is 6.30. The Morgan fingerprint density at radius 1 is 1.27 bits per heavy atom. The molecule has 1 radical (unpaired) electrons. The van der Waals surface area contributed by atoms with Gasteiger partial charge in [0.2, 0.25) is 0 Å². The van der Waals surface area contributed by atoms with E-state index in [0.29, 0.717) is 0 Å². The molecule has 1 heteroatoms. The molecule has 0 aliphatic carbocycles. The zero-order valence-corrected chi connectivity index (χ0v) is 6.30. The maximum atomic E-state index is 3.87. The van der Waals surface area contributed by atoms with Crippen LogP contribution in [0.15, 0.2) is 30.5 Å². The van der Waals surface area contributed by atoms with Crippen LogP contribution in [0.2, 0.25) is 0 Å². The van der Waals surface area contributed by atoms with Crippen LogP contribution in [0, 0.1) is 6.92 Å². The quantitative estimate of drug-likeness (QED) is 0.633. The van der Waals surface area contributed by atoms with Gasteiger partial charge >= 0.3 is 0 Å². The van der Waals surface area contributed by atoms with Gasteiger partial charge < -0.3 is 4.98 Å². The average molecular weight is 144 g/mol. The predicted octanol–water partition coefficient (Wildman–Crippen LogP) is 2.54. The van der Waals surface area contributed by atoms with E-state index in [1.165, 1.54) is 16.5 Å². The standard InChI is InChI=1S/C10H10N/c1-2-8-4-3-5-10-9(8)6-7-11-10/h3-7,11H,1-2H2. The maximum absolute atomic E-state index is 3.87. The molecule has 1 aromatic heterocycles. The summed E-state index contributed by atoms with van der Waals surface area (Å²) in [6, 6.07) is 8.34. The molecule has 0 unspecified atom stereocenters. The zero-order chi connectivity index (χ0) is 7.68. The molecular formula is C10H10N. The molecule has 1 nitrogen and oxygen atoms in total. The van der Waals surface area contributed by atoms with Crippen LogP contribution in [-0.4, -0.2) is 4.98 Å². The summed E-state index contributed by atoms with van der Waals surface area (Å²) in [5.41, 5.74) is 2.51. The fraction of sp³-hybridized carbons (Fsp3) is 0.100. The number of H-pyrrole nitrogens is 1. The molecule has 55 valence electrons. The topological polar surface area (TPSA) is 15.8 Å². The first kappa shape index (κ1) is 6.47. The van der Waals surface area contributed by atoms with Crippen LogP contribution in [0.4, 0.5) is 0 Å². The normalized spacial score (nSPS) is 10.6. The third kappa shape index (κ3) is 0.929. The number of nitrogens with one attached hydrogen (secondary N) is 1. The molecule has 0 aliphatic rings. The Morgan fingerprint density at radius 2 is 2.18 bits per heavy atom. The third-order valence-corrected chi connectivity index (χ3v) is 1.95. The first-order valence-electron chi connectivity index (χ1n) is 3.76. The smallest absolute Gasteiger partial charge is 0.0456 e. The van der Waals surface area contributed by atoms with Crippen molar-refractivity contribution in [3.63, 3.8) is 0 Å². The number of rotatable bonds is 1. The Hall–Kier alpha value is -1.24. The number of aromatic amines is 1. The van der Waals surface area contributed by atoms with Gasteiger partial charge in [-0.1, -0.05) is 12.1 Å². The minimum atomic E-state index is 0.856. The molecular weight excluding hydrogens is 134 g/mol. The van der Waals surface area contributed by atoms with E-state index in [9.17, 15) is 0 Å². The lowest BCUT2D eigenvalue weighted by Crippen LogP contribution is -1.79. The second kappa shape index (κ2) is 2.42. The van der Waals surface area contributed by atoms with Crippen LogP contribution >= 0.6 is 0 Å². The monoisotopic (exact) mass is 144 g/mol. The van der Waals surface area contributed by atoms with E-state index < -0.39 is 0 Å². The molecule has 0 atom stereocenters. The molecule has 1 heterocycles. The average Bonchev–Trinajstić information content (AvgIpc) is 2.50. The van der Waals surface area contributed by atoms with Crippen molar-refractivity contribution >= 4 is 10.9 Å². The third-order valence-electron chi connectivity index (χ3n) is 1.95. The second-order valence-electron chi connectivity index (χ2n) is 2.61. The molecule has 1 aromatic carbocycles. The van der Waals surface area contributed by atoms with Gasteiger partial charge in [-0.3, -0.25) is 0 Å². The van der Waals surface area contributed by atoms with Crippen molar-refractivity contribution in [1.82, 2.24) is 4.98 Å². The molecule has 11 heavy (non-hydrogen) atoms. The molecule has 0 saturated carbocycles. The minimum Gasteiger partial charge on any atom is -0.361 e. The van der Waals surface area contributed by atoms with Crippen LogP contribution < -0.4 is 0 Å². The number of benzene rings is 1. The first-order valence-corrected chi connectivity index (χ1v) is 3.76. The summed E-state index contributed by atoms with van der Waals surface area (Å²) in [5, 5.41) is 1.29. The van der Waals surface area contributed by atoms with Gasteiger partial charge in [-0.2, -0.15) is 0 Å². The molecule has 0 aliphatic heterocycles. The number of aromatic nitrogens is 1.